The van der Waals surface area contributed by atoms with Gasteiger partial charge in [0.1, 0.15) is 12.4 Å². The molecular weight excluding hydrogens is 452 g/mol. The molecular formula is C29H38N4O3. The first kappa shape index (κ1) is 26.1. The van der Waals surface area contributed by atoms with Crippen LogP contribution in [-0.2, 0) is 4.79 Å². The monoisotopic (exact) mass is 490 g/mol. The maximum atomic E-state index is 11.5. The molecule has 0 aliphatic carbocycles. The van der Waals surface area contributed by atoms with Gasteiger partial charge < -0.3 is 15.2 Å². The largest absolute Gasteiger partial charge is 0.492 e. The summed E-state index contributed by atoms with van der Waals surface area (Å²) in [6.07, 6.45) is 2.14. The Morgan fingerprint density at radius 3 is 2.72 bits per heavy atom. The average molecular weight is 491 g/mol. The van der Waals surface area contributed by atoms with Crippen LogP contribution in [0.1, 0.15) is 37.1 Å². The molecule has 0 bridgehead atoms. The maximum absolute atomic E-state index is 11.5. The van der Waals surface area contributed by atoms with Crippen LogP contribution >= 0.6 is 0 Å². The smallest absolute Gasteiger partial charge is 0.221 e. The van der Waals surface area contributed by atoms with Gasteiger partial charge in [0, 0.05) is 42.8 Å². The van der Waals surface area contributed by atoms with Gasteiger partial charge in [0.05, 0.1) is 12.1 Å². The Balaban J connectivity index is 1.35. The van der Waals surface area contributed by atoms with Crippen LogP contribution in [0.3, 0.4) is 0 Å². The van der Waals surface area contributed by atoms with Gasteiger partial charge in [-0.25, -0.2) is 0 Å². The minimum atomic E-state index is -0.0715. The van der Waals surface area contributed by atoms with E-state index in [1.54, 1.807) is 0 Å². The first-order valence-electron chi connectivity index (χ1n) is 12.8. The van der Waals surface area contributed by atoms with Crippen molar-refractivity contribution in [2.45, 2.75) is 32.7 Å². The van der Waals surface area contributed by atoms with Crippen LogP contribution in [-0.4, -0.2) is 72.2 Å². The number of hydrogen-bond donors (Lipinski definition) is 2. The average Bonchev–Trinajstić information content (AvgIpc) is 2.85. The van der Waals surface area contributed by atoms with Crippen molar-refractivity contribution in [1.82, 2.24) is 14.8 Å². The van der Waals surface area contributed by atoms with Gasteiger partial charge in [0.2, 0.25) is 5.91 Å². The number of amides is 1. The first-order valence-corrected chi connectivity index (χ1v) is 12.8. The molecule has 2 aromatic carbocycles. The number of piperidine rings is 1. The highest BCUT2D eigenvalue weighted by atomic mass is 16.5. The molecule has 0 saturated carbocycles. The summed E-state index contributed by atoms with van der Waals surface area (Å²) in [6, 6.07) is 18.5. The van der Waals surface area contributed by atoms with E-state index < -0.39 is 0 Å². The first-order chi connectivity index (χ1) is 17.4. The summed E-state index contributed by atoms with van der Waals surface area (Å²) in [5.74, 6) is 1.29. The Bertz CT molecular complexity index is 1160. The van der Waals surface area contributed by atoms with Gasteiger partial charge in [-0.15, -0.1) is 0 Å². The van der Waals surface area contributed by atoms with Crippen LogP contribution in [0.25, 0.3) is 10.9 Å². The number of likely N-dealkylation sites (tertiary alicyclic amines) is 1. The lowest BCUT2D eigenvalue weighted by Crippen LogP contribution is -2.41. The zero-order chi connectivity index (χ0) is 25.5. The number of pyridine rings is 1. The third kappa shape index (κ3) is 6.60. The maximum Gasteiger partial charge on any atom is 0.221 e. The summed E-state index contributed by atoms with van der Waals surface area (Å²) < 4.78 is 6.17. The summed E-state index contributed by atoms with van der Waals surface area (Å²) in [5, 5.41) is 13.5. The van der Waals surface area contributed by atoms with E-state index in [2.05, 4.69) is 45.3 Å². The second-order valence-electron chi connectivity index (χ2n) is 9.76. The molecule has 1 aromatic heterocycles. The molecule has 1 saturated heterocycles. The number of carbonyl (C=O) groups excluding carboxylic acids is 1. The molecule has 1 aliphatic rings. The number of anilines is 1. The van der Waals surface area contributed by atoms with Crippen LogP contribution < -0.4 is 10.1 Å². The van der Waals surface area contributed by atoms with Crippen molar-refractivity contribution >= 4 is 22.5 Å². The predicted molar refractivity (Wildman–Crippen MR) is 144 cm³/mol. The minimum Gasteiger partial charge on any atom is -0.492 e. The fourth-order valence-corrected chi connectivity index (χ4v) is 5.32. The highest BCUT2D eigenvalue weighted by Crippen LogP contribution is 2.36. The number of hydrogen-bond acceptors (Lipinski definition) is 6. The summed E-state index contributed by atoms with van der Waals surface area (Å²) in [5.41, 5.74) is 3.97. The predicted octanol–water partition coefficient (Wildman–Crippen LogP) is 4.26. The number of ether oxygens (including phenoxy) is 1. The Hall–Kier alpha value is -3.00. The molecule has 0 spiro atoms. The molecule has 4 rings (SSSR count). The van der Waals surface area contributed by atoms with Crippen molar-refractivity contribution in [3.63, 3.8) is 0 Å². The van der Waals surface area contributed by atoms with Crippen LogP contribution in [0.2, 0.25) is 0 Å². The fourth-order valence-electron chi connectivity index (χ4n) is 5.32. The van der Waals surface area contributed by atoms with Crippen LogP contribution in [0.15, 0.2) is 54.6 Å². The fraction of sp³-hybridized carbons (Fsp3) is 0.448. The lowest BCUT2D eigenvalue weighted by atomic mass is 9.84. The van der Waals surface area contributed by atoms with Gasteiger partial charge in [-0.3, -0.25) is 19.6 Å². The van der Waals surface area contributed by atoms with Crippen LogP contribution in [0, 0.1) is 12.8 Å². The van der Waals surface area contributed by atoms with Crippen molar-refractivity contribution in [2.24, 2.45) is 5.92 Å². The molecule has 36 heavy (non-hydrogen) atoms. The third-order valence-corrected chi connectivity index (χ3v) is 7.05. The van der Waals surface area contributed by atoms with E-state index in [0.29, 0.717) is 19.1 Å². The SMILES string of the molecule is CC(=O)Nc1cccc(C(C2CCN(CCOc3cccc4nc(C)ccc34)CC2)N(C)CCO)c1. The molecule has 1 atom stereocenters. The number of rotatable bonds is 10. The van der Waals surface area contributed by atoms with Crippen LogP contribution in [0.4, 0.5) is 5.69 Å². The lowest BCUT2D eigenvalue weighted by molar-refractivity contribution is -0.114. The van der Waals surface area contributed by atoms with E-state index in [-0.39, 0.29) is 18.6 Å². The van der Waals surface area contributed by atoms with Crippen molar-refractivity contribution < 1.29 is 14.6 Å². The summed E-state index contributed by atoms with van der Waals surface area (Å²) in [7, 11) is 2.08. The lowest BCUT2D eigenvalue weighted by Gasteiger charge is -2.40. The van der Waals surface area contributed by atoms with Crippen molar-refractivity contribution in [3.05, 3.63) is 65.9 Å². The molecule has 3 aromatic rings. The number of fused-ring (bicyclic) bond motifs is 1. The van der Waals surface area contributed by atoms with Crippen LogP contribution in [0.5, 0.6) is 5.75 Å². The van der Waals surface area contributed by atoms with Crippen molar-refractivity contribution in [1.29, 1.82) is 0 Å². The normalized spacial score (nSPS) is 15.8. The number of aryl methyl sites for hydroxylation is 1. The Kier molecular flexibility index (Phi) is 8.91. The standard InChI is InChI=1S/C29H38N4O3/c1-21-10-11-26-27(30-21)8-5-9-28(26)36-19-17-33-14-12-23(13-15-33)29(32(3)16-18-34)24-6-4-7-25(20-24)31-22(2)35/h4-11,20,23,29,34H,12-19H2,1-3H3,(H,31,35). The topological polar surface area (TPSA) is 77.9 Å². The van der Waals surface area contributed by atoms with E-state index in [0.717, 1.165) is 60.5 Å². The number of carbonyl (C=O) groups is 1. The van der Waals surface area contributed by atoms with Gasteiger partial charge in [-0.05, 0) is 87.8 Å². The van der Waals surface area contributed by atoms with E-state index >= 15 is 0 Å². The minimum absolute atomic E-state index is 0.0715. The summed E-state index contributed by atoms with van der Waals surface area (Å²) >= 11 is 0. The Morgan fingerprint density at radius 1 is 1.19 bits per heavy atom. The summed E-state index contributed by atoms with van der Waals surface area (Å²) in [4.78, 5) is 20.9. The van der Waals surface area contributed by atoms with Gasteiger partial charge in [0.15, 0.2) is 0 Å². The zero-order valence-corrected chi connectivity index (χ0v) is 21.6. The molecule has 2 N–H and O–H groups in total. The number of nitrogens with one attached hydrogen (secondary N) is 1. The second-order valence-corrected chi connectivity index (χ2v) is 9.76. The van der Waals surface area contributed by atoms with Crippen molar-refractivity contribution in [2.75, 3.05) is 51.8 Å². The Labute approximate surface area is 214 Å². The van der Waals surface area contributed by atoms with Crippen molar-refractivity contribution in [3.8, 4) is 5.75 Å². The van der Waals surface area contributed by atoms with E-state index in [9.17, 15) is 9.90 Å². The number of nitrogens with zero attached hydrogens (tertiary/aromatic N) is 3. The summed E-state index contributed by atoms with van der Waals surface area (Å²) in [6.45, 7) is 7.82. The number of benzene rings is 2. The van der Waals surface area contributed by atoms with Gasteiger partial charge in [0.25, 0.3) is 0 Å². The number of likely N-dealkylation sites (N-methyl/N-ethyl adjacent to an activating group) is 1. The number of aliphatic hydroxyl groups excluding tert-OH is 1. The Morgan fingerprint density at radius 2 is 1.97 bits per heavy atom. The molecule has 7 heteroatoms. The van der Waals surface area contributed by atoms with E-state index in [4.69, 9.17) is 4.74 Å². The third-order valence-electron chi connectivity index (χ3n) is 7.05. The molecule has 192 valence electrons. The molecule has 1 amide bonds. The molecule has 1 fully saturated rings. The molecule has 1 aliphatic heterocycles. The number of aliphatic hydroxyl groups is 1. The highest BCUT2D eigenvalue weighted by molar-refractivity contribution is 5.88. The molecule has 7 nitrogen and oxygen atoms in total. The quantitative estimate of drug-likeness (QED) is 0.442. The second kappa shape index (κ2) is 12.3. The van der Waals surface area contributed by atoms with E-state index in [1.807, 2.05) is 43.3 Å². The van der Waals surface area contributed by atoms with Gasteiger partial charge in [-0.2, -0.15) is 0 Å². The molecule has 1 unspecified atom stereocenters. The van der Waals surface area contributed by atoms with Gasteiger partial charge >= 0.3 is 0 Å². The molecule has 2 heterocycles. The zero-order valence-electron chi connectivity index (χ0n) is 21.6. The number of aromatic nitrogens is 1. The molecule has 0 radical (unpaired) electrons. The highest BCUT2D eigenvalue weighted by Gasteiger charge is 2.30. The van der Waals surface area contributed by atoms with Gasteiger partial charge in [-0.1, -0.05) is 18.2 Å². The van der Waals surface area contributed by atoms with E-state index in [1.165, 1.54) is 12.5 Å².